The molecule has 1 saturated heterocycles. The topological polar surface area (TPSA) is 84.7 Å². The van der Waals surface area contributed by atoms with Gasteiger partial charge >= 0.3 is 0 Å². The van der Waals surface area contributed by atoms with Crippen LogP contribution in [0.4, 0.5) is 11.5 Å². The summed E-state index contributed by atoms with van der Waals surface area (Å²) >= 11 is 12.0. The predicted octanol–water partition coefficient (Wildman–Crippen LogP) is 2.79. The SMILES string of the molecule is COCc1cc(NC2CCN(c3ccc(Cl)c(Cl)c3)C2=O)n2ncnc2n1. The number of fused-ring (bicyclic) bond motifs is 1. The summed E-state index contributed by atoms with van der Waals surface area (Å²) in [5.41, 5.74) is 1.42. The van der Waals surface area contributed by atoms with Crippen LogP contribution in [0.3, 0.4) is 0 Å². The van der Waals surface area contributed by atoms with E-state index >= 15 is 0 Å². The van der Waals surface area contributed by atoms with Crippen LogP contribution in [-0.4, -0.2) is 45.2 Å². The molecule has 1 aliphatic heterocycles. The number of nitrogens with zero attached hydrogens (tertiary/aromatic N) is 5. The van der Waals surface area contributed by atoms with Crippen LogP contribution in [0, 0.1) is 0 Å². The maximum Gasteiger partial charge on any atom is 0.254 e. The van der Waals surface area contributed by atoms with Crippen LogP contribution in [0.25, 0.3) is 5.78 Å². The van der Waals surface area contributed by atoms with E-state index in [1.54, 1.807) is 40.8 Å². The first-order valence-corrected chi connectivity index (χ1v) is 9.04. The molecule has 1 atom stereocenters. The van der Waals surface area contributed by atoms with E-state index in [0.717, 1.165) is 5.69 Å². The van der Waals surface area contributed by atoms with Crippen molar-refractivity contribution in [2.75, 3.05) is 23.9 Å². The van der Waals surface area contributed by atoms with Crippen molar-refractivity contribution in [3.05, 3.63) is 46.3 Å². The number of hydrogen-bond donors (Lipinski definition) is 1. The van der Waals surface area contributed by atoms with Crippen molar-refractivity contribution in [1.82, 2.24) is 19.6 Å². The number of halogens is 2. The minimum absolute atomic E-state index is 0.0493. The summed E-state index contributed by atoms with van der Waals surface area (Å²) in [4.78, 5) is 23.1. The first-order valence-electron chi connectivity index (χ1n) is 8.28. The Morgan fingerprint density at radius 2 is 2.15 bits per heavy atom. The van der Waals surface area contributed by atoms with Gasteiger partial charge in [0.15, 0.2) is 0 Å². The summed E-state index contributed by atoms with van der Waals surface area (Å²) in [5, 5.41) is 8.30. The molecule has 1 fully saturated rings. The van der Waals surface area contributed by atoms with E-state index in [1.807, 2.05) is 0 Å². The van der Waals surface area contributed by atoms with Gasteiger partial charge in [-0.15, -0.1) is 0 Å². The van der Waals surface area contributed by atoms with E-state index in [-0.39, 0.29) is 5.91 Å². The average Bonchev–Trinajstić information content (AvgIpc) is 3.25. The Hall–Kier alpha value is -2.42. The molecule has 0 radical (unpaired) electrons. The lowest BCUT2D eigenvalue weighted by atomic mass is 10.2. The third-order valence-corrected chi connectivity index (χ3v) is 5.08. The Balaban J connectivity index is 1.58. The number of anilines is 2. The van der Waals surface area contributed by atoms with Gasteiger partial charge in [-0.3, -0.25) is 4.79 Å². The highest BCUT2D eigenvalue weighted by molar-refractivity contribution is 6.42. The molecule has 0 bridgehead atoms. The summed E-state index contributed by atoms with van der Waals surface area (Å²) in [6.45, 7) is 0.914. The minimum Gasteiger partial charge on any atom is -0.378 e. The number of carbonyl (C=O) groups excluding carboxylic acids is 1. The zero-order valence-electron chi connectivity index (χ0n) is 14.4. The van der Waals surface area contributed by atoms with Crippen LogP contribution in [0.5, 0.6) is 0 Å². The summed E-state index contributed by atoms with van der Waals surface area (Å²) in [6, 6.07) is 6.58. The van der Waals surface area contributed by atoms with Crippen LogP contribution < -0.4 is 10.2 Å². The summed E-state index contributed by atoms with van der Waals surface area (Å²) in [6.07, 6.45) is 2.06. The number of nitrogens with one attached hydrogen (secondary N) is 1. The molecule has 0 aliphatic carbocycles. The number of hydrogen-bond acceptors (Lipinski definition) is 6. The minimum atomic E-state index is -0.398. The Morgan fingerprint density at radius 1 is 1.30 bits per heavy atom. The Labute approximate surface area is 165 Å². The zero-order chi connectivity index (χ0) is 19.0. The largest absolute Gasteiger partial charge is 0.378 e. The lowest BCUT2D eigenvalue weighted by molar-refractivity contribution is -0.117. The fourth-order valence-corrected chi connectivity index (χ4v) is 3.38. The van der Waals surface area contributed by atoms with Crippen molar-refractivity contribution in [3.63, 3.8) is 0 Å². The van der Waals surface area contributed by atoms with E-state index in [0.29, 0.717) is 46.9 Å². The molecule has 10 heteroatoms. The molecule has 2 aromatic heterocycles. The maximum absolute atomic E-state index is 12.9. The van der Waals surface area contributed by atoms with Crippen LogP contribution in [-0.2, 0) is 16.1 Å². The number of aromatic nitrogens is 4. The number of carbonyl (C=O) groups is 1. The summed E-state index contributed by atoms with van der Waals surface area (Å²) < 4.78 is 6.71. The summed E-state index contributed by atoms with van der Waals surface area (Å²) in [7, 11) is 1.60. The lowest BCUT2D eigenvalue weighted by Crippen LogP contribution is -2.34. The van der Waals surface area contributed by atoms with Crippen molar-refractivity contribution in [3.8, 4) is 0 Å². The molecule has 140 valence electrons. The van der Waals surface area contributed by atoms with Crippen molar-refractivity contribution in [2.24, 2.45) is 0 Å². The van der Waals surface area contributed by atoms with Crippen molar-refractivity contribution < 1.29 is 9.53 Å². The molecule has 1 aromatic carbocycles. The van der Waals surface area contributed by atoms with Crippen LogP contribution in [0.1, 0.15) is 12.1 Å². The van der Waals surface area contributed by atoms with Gasteiger partial charge in [0.1, 0.15) is 18.2 Å². The van der Waals surface area contributed by atoms with Crippen LogP contribution in [0.15, 0.2) is 30.6 Å². The van der Waals surface area contributed by atoms with Gasteiger partial charge in [-0.25, -0.2) is 4.98 Å². The van der Waals surface area contributed by atoms with Gasteiger partial charge in [0.05, 0.1) is 22.3 Å². The fourth-order valence-electron chi connectivity index (χ4n) is 3.09. The van der Waals surface area contributed by atoms with Gasteiger partial charge < -0.3 is 15.0 Å². The van der Waals surface area contributed by atoms with Crippen molar-refractivity contribution in [2.45, 2.75) is 19.1 Å². The molecule has 1 N–H and O–H groups in total. The smallest absolute Gasteiger partial charge is 0.254 e. The standard InChI is InChI=1S/C17H16Cl2N6O2/c1-27-8-10-6-15(25-17(22-10)20-9-21-25)23-14-4-5-24(16(14)26)11-2-3-12(18)13(19)7-11/h2-3,6-7,9,14,23H,4-5,8H2,1H3. The van der Waals surface area contributed by atoms with Gasteiger partial charge in [-0.1, -0.05) is 23.2 Å². The second-order valence-corrected chi connectivity index (χ2v) is 6.93. The molecule has 4 rings (SSSR count). The number of benzene rings is 1. The molecule has 0 saturated carbocycles. The van der Waals surface area contributed by atoms with E-state index < -0.39 is 6.04 Å². The first kappa shape index (κ1) is 18.0. The highest BCUT2D eigenvalue weighted by atomic mass is 35.5. The second-order valence-electron chi connectivity index (χ2n) is 6.11. The van der Waals surface area contributed by atoms with E-state index in [4.69, 9.17) is 27.9 Å². The van der Waals surface area contributed by atoms with Crippen molar-refractivity contribution >= 4 is 46.4 Å². The van der Waals surface area contributed by atoms with E-state index in [9.17, 15) is 4.79 Å². The quantitative estimate of drug-likeness (QED) is 0.700. The molecule has 1 unspecified atom stereocenters. The monoisotopic (exact) mass is 406 g/mol. The van der Waals surface area contributed by atoms with Gasteiger partial charge in [-0.2, -0.15) is 14.6 Å². The van der Waals surface area contributed by atoms with Crippen LogP contribution in [0.2, 0.25) is 10.0 Å². The third kappa shape index (κ3) is 3.43. The summed E-state index contributed by atoms with van der Waals surface area (Å²) in [5.74, 6) is 1.03. The Bertz CT molecular complexity index is 1010. The Morgan fingerprint density at radius 3 is 2.93 bits per heavy atom. The van der Waals surface area contributed by atoms with Gasteiger partial charge in [0, 0.05) is 25.4 Å². The fraction of sp³-hybridized carbons (Fsp3) is 0.294. The number of amides is 1. The van der Waals surface area contributed by atoms with Crippen LogP contribution >= 0.6 is 23.2 Å². The molecule has 27 heavy (non-hydrogen) atoms. The maximum atomic E-state index is 12.9. The molecule has 1 aliphatic rings. The number of methoxy groups -OCH3 is 1. The highest BCUT2D eigenvalue weighted by Crippen LogP contribution is 2.30. The molecule has 0 spiro atoms. The zero-order valence-corrected chi connectivity index (χ0v) is 15.9. The van der Waals surface area contributed by atoms with Gasteiger partial charge in [0.25, 0.3) is 5.78 Å². The third-order valence-electron chi connectivity index (χ3n) is 4.34. The average molecular weight is 407 g/mol. The predicted molar refractivity (Wildman–Crippen MR) is 102 cm³/mol. The molecular formula is C17H16Cl2N6O2. The first-order chi connectivity index (χ1) is 13.1. The van der Waals surface area contributed by atoms with E-state index in [2.05, 4.69) is 20.4 Å². The molecule has 3 heterocycles. The Kier molecular flexibility index (Phi) is 4.86. The second kappa shape index (κ2) is 7.30. The van der Waals surface area contributed by atoms with Gasteiger partial charge in [0.2, 0.25) is 5.91 Å². The highest BCUT2D eigenvalue weighted by Gasteiger charge is 2.33. The van der Waals surface area contributed by atoms with Gasteiger partial charge in [-0.05, 0) is 24.6 Å². The normalized spacial score (nSPS) is 17.1. The molecule has 1 amide bonds. The van der Waals surface area contributed by atoms with E-state index in [1.165, 1.54) is 6.33 Å². The molecular weight excluding hydrogens is 391 g/mol. The molecule has 3 aromatic rings. The lowest BCUT2D eigenvalue weighted by Gasteiger charge is -2.18. The molecule has 8 nitrogen and oxygen atoms in total. The number of ether oxygens (including phenoxy) is 1. The number of rotatable bonds is 5. The van der Waals surface area contributed by atoms with Crippen molar-refractivity contribution in [1.29, 1.82) is 0 Å².